The lowest BCUT2D eigenvalue weighted by Gasteiger charge is -2.27. The number of benzene rings is 1. The minimum Gasteiger partial charge on any atom is -0.356 e. The Hall–Kier alpha value is -4.87. The molecule has 4 heterocycles. The molecule has 0 aliphatic carbocycles. The molecule has 0 bridgehead atoms. The maximum absolute atomic E-state index is 12.8. The standard InChI is InChI=1S/C33H39N7O5/c1-23-19-31(44)40(18-6-7-28(41)35-15-4-2-3-5-17-39-29(42)12-13-30(39)43)37-32(23)24-8-10-27(11-9-24)36-33(45)38-21-25-14-16-34-20-26(25)22-38/h8-14,16,20,23H,2-7,15,17-19,21-22H2,1H3,(H,35,41)(H,36,45). The Morgan fingerprint density at radius 3 is 2.38 bits per heavy atom. The zero-order valence-corrected chi connectivity index (χ0v) is 25.5. The van der Waals surface area contributed by atoms with E-state index in [0.29, 0.717) is 57.7 Å². The van der Waals surface area contributed by atoms with E-state index in [1.807, 2.05) is 37.3 Å². The molecule has 6 amide bonds. The predicted molar refractivity (Wildman–Crippen MR) is 168 cm³/mol. The summed E-state index contributed by atoms with van der Waals surface area (Å²) in [5.41, 5.74) is 4.52. The van der Waals surface area contributed by atoms with Gasteiger partial charge in [0.2, 0.25) is 11.8 Å². The SMILES string of the molecule is CC1CC(=O)N(CCCC(=O)NCCCCCCN2C(=O)C=CC2=O)N=C1c1ccc(NC(=O)N2Cc3ccncc3C2)cc1. The predicted octanol–water partition coefficient (Wildman–Crippen LogP) is 3.58. The molecule has 0 saturated carbocycles. The number of rotatable bonds is 13. The first kappa shape index (κ1) is 31.6. The van der Waals surface area contributed by atoms with Crippen LogP contribution >= 0.6 is 0 Å². The van der Waals surface area contributed by atoms with E-state index in [1.54, 1.807) is 17.3 Å². The van der Waals surface area contributed by atoms with Gasteiger partial charge in [0.15, 0.2) is 0 Å². The molecule has 1 aromatic carbocycles. The normalized spacial score (nSPS) is 17.5. The van der Waals surface area contributed by atoms with Crippen LogP contribution in [0.5, 0.6) is 0 Å². The van der Waals surface area contributed by atoms with Crippen molar-refractivity contribution in [2.24, 2.45) is 11.0 Å². The van der Waals surface area contributed by atoms with Crippen molar-refractivity contribution in [2.45, 2.75) is 65.0 Å². The van der Waals surface area contributed by atoms with Crippen LogP contribution in [0.4, 0.5) is 10.5 Å². The van der Waals surface area contributed by atoms with Crippen LogP contribution < -0.4 is 10.6 Å². The molecule has 45 heavy (non-hydrogen) atoms. The van der Waals surface area contributed by atoms with Crippen molar-refractivity contribution in [3.05, 3.63) is 71.6 Å². The van der Waals surface area contributed by atoms with E-state index in [1.165, 1.54) is 22.1 Å². The molecule has 236 valence electrons. The maximum atomic E-state index is 12.8. The van der Waals surface area contributed by atoms with Gasteiger partial charge in [0.25, 0.3) is 11.8 Å². The molecule has 3 aliphatic rings. The molecule has 0 fully saturated rings. The van der Waals surface area contributed by atoms with Crippen molar-refractivity contribution in [2.75, 3.05) is 25.0 Å². The van der Waals surface area contributed by atoms with E-state index in [0.717, 1.165) is 48.1 Å². The molecule has 3 aliphatic heterocycles. The molecule has 0 radical (unpaired) electrons. The van der Waals surface area contributed by atoms with Crippen LogP contribution in [0.3, 0.4) is 0 Å². The van der Waals surface area contributed by atoms with Crippen LogP contribution in [0.2, 0.25) is 0 Å². The van der Waals surface area contributed by atoms with Crippen molar-refractivity contribution in [3.8, 4) is 0 Å². The summed E-state index contributed by atoms with van der Waals surface area (Å²) in [6.45, 7) is 4.39. The molecule has 5 rings (SSSR count). The molecule has 2 N–H and O–H groups in total. The van der Waals surface area contributed by atoms with E-state index in [9.17, 15) is 24.0 Å². The van der Waals surface area contributed by atoms with Gasteiger partial charge in [0.1, 0.15) is 0 Å². The number of nitrogens with one attached hydrogen (secondary N) is 2. The van der Waals surface area contributed by atoms with E-state index in [-0.39, 0.29) is 35.6 Å². The van der Waals surface area contributed by atoms with Gasteiger partial charge in [-0.15, -0.1) is 0 Å². The van der Waals surface area contributed by atoms with E-state index < -0.39 is 0 Å². The van der Waals surface area contributed by atoms with E-state index in [2.05, 4.69) is 20.7 Å². The van der Waals surface area contributed by atoms with Gasteiger partial charge in [-0.25, -0.2) is 9.80 Å². The van der Waals surface area contributed by atoms with Gasteiger partial charge in [-0.2, -0.15) is 5.10 Å². The third kappa shape index (κ3) is 8.20. The number of urea groups is 1. The number of imide groups is 1. The smallest absolute Gasteiger partial charge is 0.322 e. The summed E-state index contributed by atoms with van der Waals surface area (Å²) in [5.74, 6) is -0.695. The second-order valence-corrected chi connectivity index (χ2v) is 11.6. The molecular weight excluding hydrogens is 574 g/mol. The topological polar surface area (TPSA) is 144 Å². The monoisotopic (exact) mass is 613 g/mol. The van der Waals surface area contributed by atoms with Crippen LogP contribution in [-0.2, 0) is 32.3 Å². The number of hydrogen-bond acceptors (Lipinski definition) is 7. The summed E-state index contributed by atoms with van der Waals surface area (Å²) in [7, 11) is 0. The molecule has 2 aromatic rings. The summed E-state index contributed by atoms with van der Waals surface area (Å²) in [6.07, 6.45) is 10.6. The average Bonchev–Trinajstić information content (AvgIpc) is 3.61. The van der Waals surface area contributed by atoms with Gasteiger partial charge in [-0.3, -0.25) is 29.1 Å². The number of nitrogens with zero attached hydrogens (tertiary/aromatic N) is 5. The molecule has 0 spiro atoms. The summed E-state index contributed by atoms with van der Waals surface area (Å²) >= 11 is 0. The molecule has 1 unspecified atom stereocenters. The highest BCUT2D eigenvalue weighted by Gasteiger charge is 2.28. The van der Waals surface area contributed by atoms with Gasteiger partial charge in [-0.1, -0.05) is 31.9 Å². The zero-order valence-electron chi connectivity index (χ0n) is 25.5. The second-order valence-electron chi connectivity index (χ2n) is 11.6. The van der Waals surface area contributed by atoms with Crippen molar-refractivity contribution < 1.29 is 24.0 Å². The van der Waals surface area contributed by atoms with Crippen molar-refractivity contribution >= 4 is 41.1 Å². The van der Waals surface area contributed by atoms with Crippen LogP contribution in [0.15, 0.2) is 60.0 Å². The van der Waals surface area contributed by atoms with Crippen molar-refractivity contribution in [1.82, 2.24) is 25.1 Å². The van der Waals surface area contributed by atoms with Gasteiger partial charge in [-0.05, 0) is 54.2 Å². The van der Waals surface area contributed by atoms with Gasteiger partial charge < -0.3 is 15.5 Å². The first-order valence-electron chi connectivity index (χ1n) is 15.6. The van der Waals surface area contributed by atoms with Crippen LogP contribution in [0, 0.1) is 5.92 Å². The van der Waals surface area contributed by atoms with Gasteiger partial charge in [0.05, 0.1) is 5.71 Å². The number of unbranched alkanes of at least 4 members (excludes halogenated alkanes) is 3. The fourth-order valence-corrected chi connectivity index (χ4v) is 5.66. The highest BCUT2D eigenvalue weighted by atomic mass is 16.2. The minimum atomic E-state index is -0.255. The number of carbonyl (C=O) groups is 5. The number of aromatic nitrogens is 1. The maximum Gasteiger partial charge on any atom is 0.322 e. The Balaban J connectivity index is 1.01. The summed E-state index contributed by atoms with van der Waals surface area (Å²) in [4.78, 5) is 68.0. The molecular formula is C33H39N7O5. The highest BCUT2D eigenvalue weighted by Crippen LogP contribution is 2.24. The Morgan fingerprint density at radius 1 is 0.889 bits per heavy atom. The molecule has 12 heteroatoms. The summed E-state index contributed by atoms with van der Waals surface area (Å²) in [6, 6.07) is 9.24. The first-order chi connectivity index (χ1) is 21.8. The number of carbonyl (C=O) groups excluding carboxylic acids is 5. The number of hydrogen-bond donors (Lipinski definition) is 2. The number of hydrazone groups is 1. The third-order valence-corrected chi connectivity index (χ3v) is 8.22. The lowest BCUT2D eigenvalue weighted by molar-refractivity contribution is -0.137. The minimum absolute atomic E-state index is 0.0535. The van der Waals surface area contributed by atoms with E-state index in [4.69, 9.17) is 0 Å². The molecule has 1 aromatic heterocycles. The zero-order chi connectivity index (χ0) is 31.8. The first-order valence-corrected chi connectivity index (χ1v) is 15.6. The fourth-order valence-electron chi connectivity index (χ4n) is 5.66. The third-order valence-electron chi connectivity index (χ3n) is 8.22. The fraction of sp³-hybridized carbons (Fsp3) is 0.424. The van der Waals surface area contributed by atoms with Crippen molar-refractivity contribution in [1.29, 1.82) is 0 Å². The van der Waals surface area contributed by atoms with Crippen LogP contribution in [-0.4, -0.2) is 74.8 Å². The molecule has 12 nitrogen and oxygen atoms in total. The average molecular weight is 614 g/mol. The Kier molecular flexibility index (Phi) is 10.3. The lowest BCUT2D eigenvalue weighted by atomic mass is 9.93. The van der Waals surface area contributed by atoms with Crippen LogP contribution in [0.1, 0.15) is 68.6 Å². The van der Waals surface area contributed by atoms with Gasteiger partial charge >= 0.3 is 6.03 Å². The highest BCUT2D eigenvalue weighted by molar-refractivity contribution is 6.12. The second kappa shape index (κ2) is 14.7. The quantitative estimate of drug-likeness (QED) is 0.261. The lowest BCUT2D eigenvalue weighted by Crippen LogP contribution is -2.37. The van der Waals surface area contributed by atoms with Gasteiger partial charge in [0, 0.05) is 81.7 Å². The van der Waals surface area contributed by atoms with E-state index >= 15 is 0 Å². The number of anilines is 1. The Bertz CT molecular complexity index is 1460. The van der Waals surface area contributed by atoms with Crippen molar-refractivity contribution in [3.63, 3.8) is 0 Å². The number of pyridine rings is 1. The Morgan fingerprint density at radius 2 is 1.62 bits per heavy atom. The van der Waals surface area contributed by atoms with Crippen LogP contribution in [0.25, 0.3) is 0 Å². The summed E-state index contributed by atoms with van der Waals surface area (Å²) < 4.78 is 0. The number of fused-ring (bicyclic) bond motifs is 1. The Labute approximate surface area is 262 Å². The largest absolute Gasteiger partial charge is 0.356 e. The molecule has 1 atom stereocenters. The summed E-state index contributed by atoms with van der Waals surface area (Å²) in [5, 5.41) is 12.0. The number of amides is 6. The molecule has 0 saturated heterocycles.